The molecular weight excluding hydrogens is 254 g/mol. The quantitative estimate of drug-likeness (QED) is 0.904. The molecule has 0 radical (unpaired) electrons. The molecule has 20 heavy (non-hydrogen) atoms. The van der Waals surface area contributed by atoms with Crippen LogP contribution >= 0.6 is 0 Å². The fourth-order valence-corrected chi connectivity index (χ4v) is 1.64. The minimum Gasteiger partial charge on any atom is -0.477 e. The molecule has 104 valence electrons. The van der Waals surface area contributed by atoms with Gasteiger partial charge in [-0.2, -0.15) is 0 Å². The Hall–Kier alpha value is -2.43. The van der Waals surface area contributed by atoms with E-state index in [0.29, 0.717) is 19.0 Å². The molecule has 1 aromatic heterocycles. The normalized spacial score (nSPS) is 10.1. The number of carbonyl (C=O) groups excluding carboxylic acids is 1. The largest absolute Gasteiger partial charge is 0.477 e. The summed E-state index contributed by atoms with van der Waals surface area (Å²) in [6.07, 6.45) is 0. The van der Waals surface area contributed by atoms with Crippen LogP contribution in [0.3, 0.4) is 0 Å². The number of nitrogens with one attached hydrogen (secondary N) is 1. The number of aromatic nitrogens is 2. The zero-order chi connectivity index (χ0) is 14.4. The van der Waals surface area contributed by atoms with Crippen LogP contribution in [0.15, 0.2) is 36.4 Å². The fraction of sp³-hybridized carbons (Fsp3) is 0.267. The number of aryl methyl sites for hydroxylation is 1. The highest BCUT2D eigenvalue weighted by molar-refractivity contribution is 5.92. The Labute approximate surface area is 118 Å². The van der Waals surface area contributed by atoms with E-state index in [1.807, 2.05) is 38.1 Å². The molecule has 0 saturated heterocycles. The number of hydrogen-bond acceptors (Lipinski definition) is 4. The SMILES string of the molecule is CCOc1ccc(C(=O)NCc2ccc(C)cc2)nn1. The third kappa shape index (κ3) is 3.78. The second-order valence-corrected chi connectivity index (χ2v) is 4.36. The topological polar surface area (TPSA) is 64.1 Å². The van der Waals surface area contributed by atoms with E-state index in [1.54, 1.807) is 12.1 Å². The standard InChI is InChI=1S/C15H17N3O2/c1-3-20-14-9-8-13(17-18-14)15(19)16-10-12-6-4-11(2)5-7-12/h4-9H,3,10H2,1-2H3,(H,16,19). The molecule has 2 rings (SSSR count). The van der Waals surface area contributed by atoms with Gasteiger partial charge in [0, 0.05) is 12.6 Å². The Bertz CT molecular complexity index is 565. The summed E-state index contributed by atoms with van der Waals surface area (Å²) in [6, 6.07) is 11.2. The zero-order valence-corrected chi connectivity index (χ0v) is 11.6. The van der Waals surface area contributed by atoms with Gasteiger partial charge in [-0.3, -0.25) is 4.79 Å². The molecule has 0 aliphatic heterocycles. The van der Waals surface area contributed by atoms with Gasteiger partial charge in [0.25, 0.3) is 5.91 Å². The van der Waals surface area contributed by atoms with E-state index in [4.69, 9.17) is 4.74 Å². The number of hydrogen-bond donors (Lipinski definition) is 1. The van der Waals surface area contributed by atoms with Crippen molar-refractivity contribution in [1.82, 2.24) is 15.5 Å². The van der Waals surface area contributed by atoms with E-state index in [1.165, 1.54) is 5.56 Å². The van der Waals surface area contributed by atoms with Crippen molar-refractivity contribution in [2.24, 2.45) is 0 Å². The maximum Gasteiger partial charge on any atom is 0.272 e. The molecule has 0 bridgehead atoms. The Balaban J connectivity index is 1.92. The van der Waals surface area contributed by atoms with Crippen LogP contribution < -0.4 is 10.1 Å². The molecule has 0 aliphatic rings. The van der Waals surface area contributed by atoms with Crippen molar-refractivity contribution in [3.8, 4) is 5.88 Å². The maximum atomic E-state index is 11.9. The molecule has 0 spiro atoms. The lowest BCUT2D eigenvalue weighted by molar-refractivity contribution is 0.0944. The first kappa shape index (κ1) is 14.0. The number of nitrogens with zero attached hydrogens (tertiary/aromatic N) is 2. The Kier molecular flexibility index (Phi) is 4.65. The smallest absolute Gasteiger partial charge is 0.272 e. The first-order chi connectivity index (χ1) is 9.69. The van der Waals surface area contributed by atoms with Crippen molar-refractivity contribution in [2.45, 2.75) is 20.4 Å². The summed E-state index contributed by atoms with van der Waals surface area (Å²) in [4.78, 5) is 11.9. The lowest BCUT2D eigenvalue weighted by atomic mass is 10.1. The predicted molar refractivity (Wildman–Crippen MR) is 75.6 cm³/mol. The van der Waals surface area contributed by atoms with Crippen LogP contribution in [0.2, 0.25) is 0 Å². The van der Waals surface area contributed by atoms with E-state index in [-0.39, 0.29) is 11.6 Å². The number of rotatable bonds is 5. The first-order valence-corrected chi connectivity index (χ1v) is 6.49. The van der Waals surface area contributed by atoms with Crippen LogP contribution in [-0.4, -0.2) is 22.7 Å². The third-order valence-electron chi connectivity index (χ3n) is 2.74. The molecule has 1 N–H and O–H groups in total. The molecular formula is C15H17N3O2. The van der Waals surface area contributed by atoms with Crippen LogP contribution in [0.1, 0.15) is 28.5 Å². The summed E-state index contributed by atoms with van der Waals surface area (Å²) in [5.74, 6) is 0.170. The third-order valence-corrected chi connectivity index (χ3v) is 2.74. The van der Waals surface area contributed by atoms with Crippen molar-refractivity contribution in [3.63, 3.8) is 0 Å². The molecule has 2 aromatic rings. The van der Waals surface area contributed by atoms with Gasteiger partial charge >= 0.3 is 0 Å². The minimum absolute atomic E-state index is 0.249. The molecule has 1 heterocycles. The highest BCUT2D eigenvalue weighted by atomic mass is 16.5. The van der Waals surface area contributed by atoms with Gasteiger partial charge in [-0.25, -0.2) is 0 Å². The Morgan fingerprint density at radius 2 is 1.90 bits per heavy atom. The molecule has 0 unspecified atom stereocenters. The first-order valence-electron chi connectivity index (χ1n) is 6.49. The summed E-state index contributed by atoms with van der Waals surface area (Å²) in [7, 11) is 0. The highest BCUT2D eigenvalue weighted by Crippen LogP contribution is 2.06. The molecule has 1 aromatic carbocycles. The van der Waals surface area contributed by atoms with E-state index >= 15 is 0 Å². The van der Waals surface area contributed by atoms with Gasteiger partial charge in [0.2, 0.25) is 5.88 Å². The predicted octanol–water partition coefficient (Wildman–Crippen LogP) is 2.11. The number of amides is 1. The summed E-state index contributed by atoms with van der Waals surface area (Å²) in [5, 5.41) is 10.5. The van der Waals surface area contributed by atoms with Gasteiger partial charge in [0.1, 0.15) is 0 Å². The second-order valence-electron chi connectivity index (χ2n) is 4.36. The van der Waals surface area contributed by atoms with Crippen LogP contribution in [0.25, 0.3) is 0 Å². The van der Waals surface area contributed by atoms with E-state index in [0.717, 1.165) is 5.56 Å². The van der Waals surface area contributed by atoms with Crippen molar-refractivity contribution in [1.29, 1.82) is 0 Å². The summed E-state index contributed by atoms with van der Waals surface area (Å²) >= 11 is 0. The molecule has 0 saturated carbocycles. The van der Waals surface area contributed by atoms with Crippen molar-refractivity contribution < 1.29 is 9.53 Å². The van der Waals surface area contributed by atoms with Gasteiger partial charge in [0.15, 0.2) is 5.69 Å². The number of carbonyl (C=O) groups is 1. The Morgan fingerprint density at radius 3 is 2.50 bits per heavy atom. The van der Waals surface area contributed by atoms with Gasteiger partial charge in [0.05, 0.1) is 6.61 Å². The molecule has 0 fully saturated rings. The maximum absolute atomic E-state index is 11.9. The van der Waals surface area contributed by atoms with Crippen LogP contribution in [0.4, 0.5) is 0 Å². The fourth-order valence-electron chi connectivity index (χ4n) is 1.64. The monoisotopic (exact) mass is 271 g/mol. The lowest BCUT2D eigenvalue weighted by Crippen LogP contribution is -2.24. The van der Waals surface area contributed by atoms with Gasteiger partial charge in [-0.1, -0.05) is 29.8 Å². The Morgan fingerprint density at radius 1 is 1.15 bits per heavy atom. The molecule has 5 nitrogen and oxygen atoms in total. The average Bonchev–Trinajstić information content (AvgIpc) is 2.47. The molecule has 0 atom stereocenters. The van der Waals surface area contributed by atoms with Gasteiger partial charge in [-0.15, -0.1) is 10.2 Å². The second kappa shape index (κ2) is 6.65. The number of ether oxygens (including phenoxy) is 1. The number of benzene rings is 1. The van der Waals surface area contributed by atoms with Gasteiger partial charge < -0.3 is 10.1 Å². The van der Waals surface area contributed by atoms with Gasteiger partial charge in [-0.05, 0) is 25.5 Å². The summed E-state index contributed by atoms with van der Waals surface area (Å²) in [5.41, 5.74) is 2.51. The molecule has 5 heteroatoms. The minimum atomic E-state index is -0.249. The summed E-state index contributed by atoms with van der Waals surface area (Å²) < 4.78 is 5.18. The van der Waals surface area contributed by atoms with E-state index in [9.17, 15) is 4.79 Å². The van der Waals surface area contributed by atoms with Crippen LogP contribution in [0.5, 0.6) is 5.88 Å². The highest BCUT2D eigenvalue weighted by Gasteiger charge is 2.08. The van der Waals surface area contributed by atoms with E-state index < -0.39 is 0 Å². The average molecular weight is 271 g/mol. The molecule has 0 aliphatic carbocycles. The van der Waals surface area contributed by atoms with E-state index in [2.05, 4.69) is 15.5 Å². The van der Waals surface area contributed by atoms with Crippen LogP contribution in [-0.2, 0) is 6.54 Å². The van der Waals surface area contributed by atoms with Crippen molar-refractivity contribution >= 4 is 5.91 Å². The summed E-state index contributed by atoms with van der Waals surface area (Å²) in [6.45, 7) is 4.88. The van der Waals surface area contributed by atoms with Crippen LogP contribution in [0, 0.1) is 6.92 Å². The lowest BCUT2D eigenvalue weighted by Gasteiger charge is -2.05. The van der Waals surface area contributed by atoms with Crippen molar-refractivity contribution in [3.05, 3.63) is 53.2 Å². The van der Waals surface area contributed by atoms with Crippen molar-refractivity contribution in [2.75, 3.05) is 6.61 Å². The zero-order valence-electron chi connectivity index (χ0n) is 11.6. The molecule has 1 amide bonds.